The van der Waals surface area contributed by atoms with E-state index in [4.69, 9.17) is 21.1 Å². The van der Waals surface area contributed by atoms with Crippen molar-refractivity contribution >= 4 is 29.1 Å². The van der Waals surface area contributed by atoms with Crippen molar-refractivity contribution in [3.05, 3.63) is 72.1 Å². The Bertz CT molecular complexity index is 906. The van der Waals surface area contributed by atoms with Crippen molar-refractivity contribution in [2.24, 2.45) is 0 Å². The summed E-state index contributed by atoms with van der Waals surface area (Å²) in [6.45, 7) is 0.403. The lowest BCUT2D eigenvalue weighted by Crippen LogP contribution is -2.20. The lowest BCUT2D eigenvalue weighted by atomic mass is 10.1. The maximum Gasteiger partial charge on any atom is 0.220 e. The highest BCUT2D eigenvalue weighted by molar-refractivity contribution is 7.99. The number of benzene rings is 2. The molecule has 2 N–H and O–H groups in total. The van der Waals surface area contributed by atoms with Gasteiger partial charge in [-0.2, -0.15) is 9.97 Å². The molecule has 0 radical (unpaired) electrons. The van der Waals surface area contributed by atoms with Crippen LogP contribution in [0.25, 0.3) is 0 Å². The number of aromatic nitrogens is 2. The first-order valence-electron chi connectivity index (χ1n) is 9.39. The quantitative estimate of drug-likeness (QED) is 0.354. The number of aliphatic hydroxyl groups excluding tert-OH is 1. The van der Waals surface area contributed by atoms with Crippen molar-refractivity contribution in [3.8, 4) is 11.8 Å². The minimum atomic E-state index is -0.580. The third kappa shape index (κ3) is 6.01. The molecule has 2 aromatic carbocycles. The van der Waals surface area contributed by atoms with Crippen LogP contribution in [-0.2, 0) is 0 Å². The Labute approximate surface area is 185 Å². The van der Waals surface area contributed by atoms with Crippen LogP contribution in [0, 0.1) is 0 Å². The van der Waals surface area contributed by atoms with Crippen molar-refractivity contribution in [1.82, 2.24) is 9.97 Å². The summed E-state index contributed by atoms with van der Waals surface area (Å²) < 4.78 is 10.7. The van der Waals surface area contributed by atoms with E-state index in [0.717, 1.165) is 16.1 Å². The minimum Gasteiger partial charge on any atom is -0.481 e. The van der Waals surface area contributed by atoms with E-state index < -0.39 is 6.10 Å². The van der Waals surface area contributed by atoms with E-state index >= 15 is 0 Å². The van der Waals surface area contributed by atoms with Gasteiger partial charge in [0, 0.05) is 17.1 Å². The predicted molar refractivity (Wildman–Crippen MR) is 121 cm³/mol. The molecule has 8 heteroatoms. The Hall–Kier alpha value is -2.48. The lowest BCUT2D eigenvalue weighted by molar-refractivity contribution is 0.211. The van der Waals surface area contributed by atoms with Crippen molar-refractivity contribution in [1.29, 1.82) is 0 Å². The predicted octanol–water partition coefficient (Wildman–Crippen LogP) is 4.39. The molecule has 3 rings (SSSR count). The van der Waals surface area contributed by atoms with Gasteiger partial charge in [0.25, 0.3) is 0 Å². The van der Waals surface area contributed by atoms with Gasteiger partial charge in [-0.15, -0.1) is 23.4 Å². The zero-order chi connectivity index (χ0) is 21.3. The number of aliphatic hydroxyl groups is 1. The smallest absolute Gasteiger partial charge is 0.220 e. The fourth-order valence-corrected chi connectivity index (χ4v) is 3.90. The molecule has 0 amide bonds. The van der Waals surface area contributed by atoms with E-state index in [2.05, 4.69) is 27.4 Å². The fraction of sp³-hybridized carbons (Fsp3) is 0.273. The molecule has 3 aromatic rings. The van der Waals surface area contributed by atoms with E-state index in [9.17, 15) is 5.11 Å². The van der Waals surface area contributed by atoms with Crippen LogP contribution in [0.15, 0.2) is 65.6 Å². The summed E-state index contributed by atoms with van der Waals surface area (Å²) in [5.41, 5.74) is 1.99. The van der Waals surface area contributed by atoms with Crippen LogP contribution in [-0.4, -0.2) is 47.8 Å². The molecular formula is C22H24ClN3O3S. The molecule has 6 nitrogen and oxygen atoms in total. The second kappa shape index (κ2) is 11.1. The molecule has 1 aromatic heterocycles. The Morgan fingerprint density at radius 3 is 2.20 bits per heavy atom. The second-order valence-corrected chi connectivity index (χ2v) is 7.92. The molecule has 0 saturated heterocycles. The zero-order valence-electron chi connectivity index (χ0n) is 16.8. The summed E-state index contributed by atoms with van der Waals surface area (Å²) in [4.78, 5) is 10.2. The van der Waals surface area contributed by atoms with Gasteiger partial charge in [0.15, 0.2) is 5.82 Å². The summed E-state index contributed by atoms with van der Waals surface area (Å²) in [7, 11) is 3.15. The summed E-state index contributed by atoms with van der Waals surface area (Å²) >= 11 is 7.27. The first-order valence-corrected chi connectivity index (χ1v) is 10.8. The molecule has 0 saturated carbocycles. The van der Waals surface area contributed by atoms with Gasteiger partial charge in [-0.25, -0.2) is 0 Å². The molecule has 0 fully saturated rings. The van der Waals surface area contributed by atoms with Gasteiger partial charge in [-0.1, -0.05) is 30.3 Å². The van der Waals surface area contributed by atoms with Crippen LogP contribution >= 0.6 is 23.4 Å². The van der Waals surface area contributed by atoms with Crippen molar-refractivity contribution < 1.29 is 14.6 Å². The SMILES string of the molecule is COc1cc(OC)nc(C(Sc2ccc(NCC(O)CCl)cc2)c2ccccc2)n1. The summed E-state index contributed by atoms with van der Waals surface area (Å²) in [5, 5.41) is 12.6. The Kier molecular flexibility index (Phi) is 8.19. The number of halogens is 1. The monoisotopic (exact) mass is 445 g/mol. The number of anilines is 1. The number of hydrogen-bond donors (Lipinski definition) is 2. The van der Waals surface area contributed by atoms with Crippen LogP contribution in [0.1, 0.15) is 16.6 Å². The number of hydrogen-bond acceptors (Lipinski definition) is 7. The molecule has 0 bridgehead atoms. The van der Waals surface area contributed by atoms with Gasteiger partial charge < -0.3 is 19.9 Å². The van der Waals surface area contributed by atoms with E-state index in [0.29, 0.717) is 24.1 Å². The minimum absolute atomic E-state index is 0.146. The Morgan fingerprint density at radius 2 is 1.63 bits per heavy atom. The first kappa shape index (κ1) is 22.2. The van der Waals surface area contributed by atoms with Gasteiger partial charge in [0.05, 0.1) is 37.5 Å². The van der Waals surface area contributed by atoms with E-state index in [1.165, 1.54) is 0 Å². The van der Waals surface area contributed by atoms with Crippen LogP contribution in [0.5, 0.6) is 11.8 Å². The van der Waals surface area contributed by atoms with Gasteiger partial charge in [-0.3, -0.25) is 0 Å². The molecule has 2 unspecified atom stereocenters. The molecule has 30 heavy (non-hydrogen) atoms. The number of thioether (sulfide) groups is 1. The molecule has 1 heterocycles. The highest BCUT2D eigenvalue weighted by Crippen LogP contribution is 2.40. The van der Waals surface area contributed by atoms with Crippen LogP contribution in [0.3, 0.4) is 0 Å². The average molecular weight is 446 g/mol. The molecule has 0 aliphatic rings. The number of ether oxygens (including phenoxy) is 2. The maximum atomic E-state index is 9.60. The average Bonchev–Trinajstić information content (AvgIpc) is 2.81. The fourth-order valence-electron chi connectivity index (χ4n) is 2.72. The first-order chi connectivity index (χ1) is 14.6. The largest absolute Gasteiger partial charge is 0.481 e. The molecule has 158 valence electrons. The second-order valence-electron chi connectivity index (χ2n) is 6.43. The summed E-state index contributed by atoms with van der Waals surface area (Å²) in [6.07, 6.45) is -0.580. The van der Waals surface area contributed by atoms with Gasteiger partial charge in [0.1, 0.15) is 0 Å². The van der Waals surface area contributed by atoms with Gasteiger partial charge in [-0.05, 0) is 29.8 Å². The maximum absolute atomic E-state index is 9.60. The molecule has 0 aliphatic carbocycles. The molecule has 2 atom stereocenters. The standard InChI is InChI=1S/C22H24ClN3O3S/c1-28-19-12-20(29-2)26-22(25-19)21(15-6-4-3-5-7-15)30-18-10-8-16(9-11-18)24-14-17(27)13-23/h3-12,17,21,24,27H,13-14H2,1-2H3. The zero-order valence-corrected chi connectivity index (χ0v) is 18.4. The summed E-state index contributed by atoms with van der Waals surface area (Å²) in [6, 6.07) is 19.7. The van der Waals surface area contributed by atoms with Gasteiger partial charge in [0.2, 0.25) is 11.8 Å². The third-order valence-corrected chi connectivity index (χ3v) is 5.90. The van der Waals surface area contributed by atoms with Crippen molar-refractivity contribution in [2.45, 2.75) is 16.2 Å². The van der Waals surface area contributed by atoms with Crippen LogP contribution < -0.4 is 14.8 Å². The summed E-state index contributed by atoms with van der Waals surface area (Å²) in [5.74, 6) is 1.71. The van der Waals surface area contributed by atoms with E-state index in [1.54, 1.807) is 32.0 Å². The van der Waals surface area contributed by atoms with Crippen LogP contribution in [0.4, 0.5) is 5.69 Å². The van der Waals surface area contributed by atoms with Gasteiger partial charge >= 0.3 is 0 Å². The Balaban J connectivity index is 1.86. The van der Waals surface area contributed by atoms with E-state index in [1.807, 2.05) is 42.5 Å². The number of nitrogens with one attached hydrogen (secondary N) is 1. The number of rotatable bonds is 10. The topological polar surface area (TPSA) is 76.5 Å². The number of methoxy groups -OCH3 is 2. The normalized spacial score (nSPS) is 12.8. The van der Waals surface area contributed by atoms with Crippen molar-refractivity contribution in [3.63, 3.8) is 0 Å². The highest BCUT2D eigenvalue weighted by atomic mass is 35.5. The molecular weight excluding hydrogens is 422 g/mol. The Morgan fingerprint density at radius 1 is 1.00 bits per heavy atom. The van der Waals surface area contributed by atoms with E-state index in [-0.39, 0.29) is 11.1 Å². The number of alkyl halides is 1. The number of nitrogens with zero attached hydrogens (tertiary/aromatic N) is 2. The van der Waals surface area contributed by atoms with Crippen LogP contribution in [0.2, 0.25) is 0 Å². The molecule has 0 spiro atoms. The third-order valence-electron chi connectivity index (χ3n) is 4.28. The lowest BCUT2D eigenvalue weighted by Gasteiger charge is -2.17. The molecule has 0 aliphatic heterocycles. The highest BCUT2D eigenvalue weighted by Gasteiger charge is 2.21. The van der Waals surface area contributed by atoms with Crippen molar-refractivity contribution in [2.75, 3.05) is 32.0 Å².